The highest BCUT2D eigenvalue weighted by molar-refractivity contribution is 5.90. The monoisotopic (exact) mass is 291 g/mol. The lowest BCUT2D eigenvalue weighted by atomic mass is 9.99. The van der Waals surface area contributed by atoms with E-state index in [2.05, 4.69) is 10.2 Å². The average Bonchev–Trinajstić information content (AvgIpc) is 2.50. The maximum Gasteiger partial charge on any atom is 0.224 e. The molecule has 1 atom stereocenters. The third kappa shape index (κ3) is 5.36. The van der Waals surface area contributed by atoms with Gasteiger partial charge < -0.3 is 21.1 Å². The molecule has 1 aromatic rings. The normalized spacial score (nSPS) is 19.4. The van der Waals surface area contributed by atoms with Crippen LogP contribution in [0.1, 0.15) is 25.7 Å². The molecule has 116 valence electrons. The van der Waals surface area contributed by atoms with Crippen molar-refractivity contribution in [3.05, 3.63) is 24.3 Å². The summed E-state index contributed by atoms with van der Waals surface area (Å²) >= 11 is 0. The second-order valence-electron chi connectivity index (χ2n) is 5.77. The number of anilines is 2. The summed E-state index contributed by atoms with van der Waals surface area (Å²) in [5.74, 6) is 0.442. The zero-order valence-corrected chi connectivity index (χ0v) is 12.4. The SMILES string of the molecule is Nc1ccc(NC(=O)CCCN2CCCC(CO)C2)cc1. The summed E-state index contributed by atoms with van der Waals surface area (Å²) in [6, 6.07) is 7.17. The van der Waals surface area contributed by atoms with Crippen LogP contribution in [0, 0.1) is 5.92 Å². The van der Waals surface area contributed by atoms with Crippen LogP contribution in [0.15, 0.2) is 24.3 Å². The lowest BCUT2D eigenvalue weighted by Gasteiger charge is -2.31. The number of piperidine rings is 1. The molecule has 1 unspecified atom stereocenters. The lowest BCUT2D eigenvalue weighted by Crippen LogP contribution is -2.37. The van der Waals surface area contributed by atoms with Crippen molar-refractivity contribution in [2.45, 2.75) is 25.7 Å². The van der Waals surface area contributed by atoms with Gasteiger partial charge in [0.2, 0.25) is 5.91 Å². The Morgan fingerprint density at radius 1 is 1.38 bits per heavy atom. The Morgan fingerprint density at radius 2 is 2.14 bits per heavy atom. The number of hydrogen-bond acceptors (Lipinski definition) is 4. The quantitative estimate of drug-likeness (QED) is 0.697. The van der Waals surface area contributed by atoms with Crippen molar-refractivity contribution < 1.29 is 9.90 Å². The number of benzene rings is 1. The molecular formula is C16H25N3O2. The van der Waals surface area contributed by atoms with Gasteiger partial charge in [-0.15, -0.1) is 0 Å². The molecule has 0 bridgehead atoms. The van der Waals surface area contributed by atoms with E-state index in [0.29, 0.717) is 18.0 Å². The highest BCUT2D eigenvalue weighted by atomic mass is 16.3. The number of likely N-dealkylation sites (tertiary alicyclic amines) is 1. The molecule has 1 fully saturated rings. The molecule has 0 aliphatic carbocycles. The van der Waals surface area contributed by atoms with Crippen molar-refractivity contribution in [2.75, 3.05) is 37.3 Å². The number of rotatable bonds is 6. The fraction of sp³-hybridized carbons (Fsp3) is 0.562. The molecular weight excluding hydrogens is 266 g/mol. The number of nitrogens with two attached hydrogens (primary N) is 1. The Hall–Kier alpha value is -1.59. The average molecular weight is 291 g/mol. The number of carbonyl (C=O) groups is 1. The number of carbonyl (C=O) groups excluding carboxylic acids is 1. The van der Waals surface area contributed by atoms with Crippen molar-refractivity contribution in [1.82, 2.24) is 4.90 Å². The van der Waals surface area contributed by atoms with E-state index < -0.39 is 0 Å². The summed E-state index contributed by atoms with van der Waals surface area (Å²) in [7, 11) is 0. The fourth-order valence-corrected chi connectivity index (χ4v) is 2.76. The van der Waals surface area contributed by atoms with Crippen LogP contribution in [0.4, 0.5) is 11.4 Å². The summed E-state index contributed by atoms with van der Waals surface area (Å²) < 4.78 is 0. The summed E-state index contributed by atoms with van der Waals surface area (Å²) in [5, 5.41) is 12.1. The van der Waals surface area contributed by atoms with Crippen molar-refractivity contribution in [1.29, 1.82) is 0 Å². The summed E-state index contributed by atoms with van der Waals surface area (Å²) in [5.41, 5.74) is 7.08. The standard InChI is InChI=1S/C16H25N3O2/c17-14-5-7-15(8-6-14)18-16(21)4-2-10-19-9-1-3-13(11-19)12-20/h5-8,13,20H,1-4,9-12,17H2,(H,18,21). The van der Waals surface area contributed by atoms with Crippen LogP contribution in [-0.2, 0) is 4.79 Å². The molecule has 0 aromatic heterocycles. The smallest absolute Gasteiger partial charge is 0.224 e. The van der Waals surface area contributed by atoms with Crippen LogP contribution in [0.5, 0.6) is 0 Å². The van der Waals surface area contributed by atoms with Crippen LogP contribution >= 0.6 is 0 Å². The molecule has 0 spiro atoms. The lowest BCUT2D eigenvalue weighted by molar-refractivity contribution is -0.116. The molecule has 1 aromatic carbocycles. The summed E-state index contributed by atoms with van der Waals surface area (Å²) in [6.45, 7) is 3.23. The van der Waals surface area contributed by atoms with Gasteiger partial charge in [-0.05, 0) is 62.5 Å². The number of nitrogens with one attached hydrogen (secondary N) is 1. The van der Waals surface area contributed by atoms with Gasteiger partial charge in [0.1, 0.15) is 0 Å². The maximum absolute atomic E-state index is 11.9. The molecule has 1 aliphatic rings. The predicted octanol–water partition coefficient (Wildman–Crippen LogP) is 1.69. The first-order valence-electron chi connectivity index (χ1n) is 7.66. The number of amides is 1. The third-order valence-electron chi connectivity index (χ3n) is 3.93. The predicted molar refractivity (Wildman–Crippen MR) is 85.0 cm³/mol. The molecule has 5 nitrogen and oxygen atoms in total. The minimum absolute atomic E-state index is 0.0375. The molecule has 1 saturated heterocycles. The Labute approximate surface area is 126 Å². The van der Waals surface area contributed by atoms with Crippen molar-refractivity contribution in [2.24, 2.45) is 5.92 Å². The Balaban J connectivity index is 1.66. The van der Waals surface area contributed by atoms with Crippen LogP contribution in [-0.4, -0.2) is 42.2 Å². The van der Waals surface area contributed by atoms with Gasteiger partial charge in [0.05, 0.1) is 0 Å². The van der Waals surface area contributed by atoms with Gasteiger partial charge in [-0.3, -0.25) is 4.79 Å². The number of aliphatic hydroxyl groups is 1. The zero-order valence-electron chi connectivity index (χ0n) is 12.4. The van der Waals surface area contributed by atoms with E-state index in [-0.39, 0.29) is 12.5 Å². The molecule has 4 N–H and O–H groups in total. The van der Waals surface area contributed by atoms with E-state index in [1.807, 2.05) is 12.1 Å². The van der Waals surface area contributed by atoms with E-state index in [1.54, 1.807) is 12.1 Å². The van der Waals surface area contributed by atoms with Crippen molar-refractivity contribution in [3.8, 4) is 0 Å². The largest absolute Gasteiger partial charge is 0.399 e. The second-order valence-corrected chi connectivity index (χ2v) is 5.77. The van der Waals surface area contributed by atoms with E-state index in [0.717, 1.165) is 44.6 Å². The minimum atomic E-state index is 0.0375. The van der Waals surface area contributed by atoms with Gasteiger partial charge in [0.25, 0.3) is 0 Å². The Morgan fingerprint density at radius 3 is 2.86 bits per heavy atom. The number of aliphatic hydroxyl groups excluding tert-OH is 1. The summed E-state index contributed by atoms with van der Waals surface area (Å²) in [6.07, 6.45) is 3.62. The van der Waals surface area contributed by atoms with Gasteiger partial charge in [-0.25, -0.2) is 0 Å². The van der Waals surface area contributed by atoms with E-state index in [1.165, 1.54) is 0 Å². The minimum Gasteiger partial charge on any atom is -0.399 e. The second kappa shape index (κ2) is 8.00. The van der Waals surface area contributed by atoms with Gasteiger partial charge in [-0.1, -0.05) is 0 Å². The van der Waals surface area contributed by atoms with Crippen LogP contribution in [0.2, 0.25) is 0 Å². The molecule has 2 rings (SSSR count). The van der Waals surface area contributed by atoms with Gasteiger partial charge in [-0.2, -0.15) is 0 Å². The first-order chi connectivity index (χ1) is 10.2. The highest BCUT2D eigenvalue weighted by Gasteiger charge is 2.18. The molecule has 0 saturated carbocycles. The first kappa shape index (κ1) is 15.8. The number of nitrogens with zero attached hydrogens (tertiary/aromatic N) is 1. The van der Waals surface area contributed by atoms with Crippen molar-refractivity contribution >= 4 is 17.3 Å². The molecule has 21 heavy (non-hydrogen) atoms. The third-order valence-corrected chi connectivity index (χ3v) is 3.93. The Kier molecular flexibility index (Phi) is 6.02. The number of hydrogen-bond donors (Lipinski definition) is 3. The summed E-state index contributed by atoms with van der Waals surface area (Å²) in [4.78, 5) is 14.2. The molecule has 1 amide bonds. The number of nitrogen functional groups attached to an aromatic ring is 1. The van der Waals surface area contributed by atoms with Crippen LogP contribution in [0.3, 0.4) is 0 Å². The van der Waals surface area contributed by atoms with Gasteiger partial charge in [0.15, 0.2) is 0 Å². The first-order valence-corrected chi connectivity index (χ1v) is 7.66. The molecule has 1 aliphatic heterocycles. The van der Waals surface area contributed by atoms with Gasteiger partial charge >= 0.3 is 0 Å². The van der Waals surface area contributed by atoms with Crippen LogP contribution in [0.25, 0.3) is 0 Å². The van der Waals surface area contributed by atoms with E-state index in [4.69, 9.17) is 5.73 Å². The Bertz CT molecular complexity index is 447. The topological polar surface area (TPSA) is 78.6 Å². The molecule has 1 heterocycles. The van der Waals surface area contributed by atoms with Gasteiger partial charge in [0, 0.05) is 30.9 Å². The molecule has 5 heteroatoms. The van der Waals surface area contributed by atoms with Crippen molar-refractivity contribution in [3.63, 3.8) is 0 Å². The van der Waals surface area contributed by atoms with Crippen LogP contribution < -0.4 is 11.1 Å². The zero-order chi connectivity index (χ0) is 15.1. The van der Waals surface area contributed by atoms with E-state index in [9.17, 15) is 9.90 Å². The van der Waals surface area contributed by atoms with E-state index >= 15 is 0 Å². The molecule has 0 radical (unpaired) electrons. The maximum atomic E-state index is 11.9. The fourth-order valence-electron chi connectivity index (χ4n) is 2.76. The highest BCUT2D eigenvalue weighted by Crippen LogP contribution is 2.16.